The summed E-state index contributed by atoms with van der Waals surface area (Å²) in [6.45, 7) is 8.00. The van der Waals surface area contributed by atoms with E-state index < -0.39 is 0 Å². The molecule has 0 saturated carbocycles. The summed E-state index contributed by atoms with van der Waals surface area (Å²) in [5.41, 5.74) is 1.70. The Kier molecular flexibility index (Phi) is 4.81. The number of nitriles is 1. The first kappa shape index (κ1) is 13.9. The van der Waals surface area contributed by atoms with Gasteiger partial charge in [0.25, 0.3) is 0 Å². The van der Waals surface area contributed by atoms with E-state index in [-0.39, 0.29) is 0 Å². The van der Waals surface area contributed by atoms with Crippen LogP contribution in [0.5, 0.6) is 0 Å². The minimum absolute atomic E-state index is 0.406. The number of hydrogen-bond donors (Lipinski definition) is 1. The number of rotatable bonds is 4. The molecule has 102 valence electrons. The molecule has 3 nitrogen and oxygen atoms in total. The van der Waals surface area contributed by atoms with E-state index in [0.29, 0.717) is 12.0 Å². The molecule has 19 heavy (non-hydrogen) atoms. The van der Waals surface area contributed by atoms with Crippen LogP contribution in [0.2, 0.25) is 0 Å². The van der Waals surface area contributed by atoms with E-state index in [1.54, 1.807) is 0 Å². The van der Waals surface area contributed by atoms with Gasteiger partial charge in [0, 0.05) is 12.6 Å². The molecule has 0 amide bonds. The Morgan fingerprint density at radius 1 is 1.47 bits per heavy atom. The fraction of sp³-hybridized carbons (Fsp3) is 0.562. The van der Waals surface area contributed by atoms with Crippen LogP contribution in [0.25, 0.3) is 0 Å². The second-order valence-corrected chi connectivity index (χ2v) is 5.39. The van der Waals surface area contributed by atoms with E-state index in [9.17, 15) is 0 Å². The molecule has 0 bridgehead atoms. The van der Waals surface area contributed by atoms with Gasteiger partial charge in [0.05, 0.1) is 11.3 Å². The van der Waals surface area contributed by atoms with Gasteiger partial charge in [0.2, 0.25) is 0 Å². The van der Waals surface area contributed by atoms with Gasteiger partial charge in [-0.2, -0.15) is 5.26 Å². The summed E-state index contributed by atoms with van der Waals surface area (Å²) in [5, 5.41) is 12.7. The predicted molar refractivity (Wildman–Crippen MR) is 79.1 cm³/mol. The fourth-order valence-electron chi connectivity index (χ4n) is 2.86. The Bertz CT molecular complexity index is 450. The van der Waals surface area contributed by atoms with Crippen molar-refractivity contribution in [2.24, 2.45) is 5.92 Å². The smallest absolute Gasteiger partial charge is 0.101 e. The van der Waals surface area contributed by atoms with Crippen molar-refractivity contribution in [1.82, 2.24) is 4.90 Å². The SMILES string of the molecule is CCN1CCCC(C(C)Nc2ccccc2C#N)C1. The predicted octanol–water partition coefficient (Wildman–Crippen LogP) is 3.09. The van der Waals surface area contributed by atoms with Crippen LogP contribution in [0.4, 0.5) is 5.69 Å². The van der Waals surface area contributed by atoms with Gasteiger partial charge in [-0.3, -0.25) is 0 Å². The van der Waals surface area contributed by atoms with Crippen LogP contribution in [-0.4, -0.2) is 30.6 Å². The van der Waals surface area contributed by atoms with Crippen molar-refractivity contribution < 1.29 is 0 Å². The number of para-hydroxylation sites is 1. The molecule has 0 radical (unpaired) electrons. The third-order valence-corrected chi connectivity index (χ3v) is 4.13. The first-order valence-electron chi connectivity index (χ1n) is 7.22. The molecule has 0 spiro atoms. The van der Waals surface area contributed by atoms with E-state index >= 15 is 0 Å². The van der Waals surface area contributed by atoms with E-state index in [1.807, 2.05) is 24.3 Å². The van der Waals surface area contributed by atoms with Crippen LogP contribution < -0.4 is 5.32 Å². The van der Waals surface area contributed by atoms with Crippen LogP contribution in [0.3, 0.4) is 0 Å². The summed E-state index contributed by atoms with van der Waals surface area (Å²) >= 11 is 0. The second-order valence-electron chi connectivity index (χ2n) is 5.39. The highest BCUT2D eigenvalue weighted by molar-refractivity contribution is 5.57. The molecule has 1 saturated heterocycles. The number of nitrogens with one attached hydrogen (secondary N) is 1. The number of nitrogens with zero attached hydrogens (tertiary/aromatic N) is 2. The van der Waals surface area contributed by atoms with Crippen LogP contribution in [-0.2, 0) is 0 Å². The summed E-state index contributed by atoms with van der Waals surface area (Å²) < 4.78 is 0. The molecule has 2 unspecified atom stereocenters. The molecule has 1 aliphatic heterocycles. The Labute approximate surface area is 116 Å². The molecule has 1 N–H and O–H groups in total. The minimum atomic E-state index is 0.406. The molecule has 2 rings (SSSR count). The number of likely N-dealkylation sites (tertiary alicyclic amines) is 1. The maximum Gasteiger partial charge on any atom is 0.101 e. The van der Waals surface area contributed by atoms with E-state index in [1.165, 1.54) is 25.9 Å². The summed E-state index contributed by atoms with van der Waals surface area (Å²) in [6, 6.07) is 10.4. The highest BCUT2D eigenvalue weighted by Crippen LogP contribution is 2.23. The topological polar surface area (TPSA) is 39.1 Å². The maximum atomic E-state index is 9.12. The van der Waals surface area contributed by atoms with Gasteiger partial charge in [-0.05, 0) is 50.9 Å². The van der Waals surface area contributed by atoms with Crippen LogP contribution >= 0.6 is 0 Å². The zero-order valence-corrected chi connectivity index (χ0v) is 11.9. The van der Waals surface area contributed by atoms with Crippen LogP contribution in [0.15, 0.2) is 24.3 Å². The summed E-state index contributed by atoms with van der Waals surface area (Å²) in [6.07, 6.45) is 2.56. The largest absolute Gasteiger partial charge is 0.381 e. The standard InChI is InChI=1S/C16H23N3/c1-3-19-10-6-8-15(12-19)13(2)18-16-9-5-4-7-14(16)11-17/h4-5,7,9,13,15,18H,3,6,8,10,12H2,1-2H3. The Morgan fingerprint density at radius 2 is 2.26 bits per heavy atom. The van der Waals surface area contributed by atoms with Gasteiger partial charge in [-0.1, -0.05) is 19.1 Å². The average Bonchev–Trinajstić information content (AvgIpc) is 2.47. The van der Waals surface area contributed by atoms with Crippen molar-refractivity contribution >= 4 is 5.69 Å². The van der Waals surface area contributed by atoms with Crippen molar-refractivity contribution in [2.75, 3.05) is 25.0 Å². The molecule has 1 aromatic carbocycles. The van der Waals surface area contributed by atoms with Gasteiger partial charge >= 0.3 is 0 Å². The van der Waals surface area contributed by atoms with Crippen LogP contribution in [0.1, 0.15) is 32.3 Å². The van der Waals surface area contributed by atoms with Crippen molar-refractivity contribution in [3.8, 4) is 6.07 Å². The highest BCUT2D eigenvalue weighted by atomic mass is 15.1. The monoisotopic (exact) mass is 257 g/mol. The van der Waals surface area contributed by atoms with Crippen molar-refractivity contribution in [2.45, 2.75) is 32.7 Å². The van der Waals surface area contributed by atoms with Gasteiger partial charge in [0.1, 0.15) is 6.07 Å². The third kappa shape index (κ3) is 3.48. The Morgan fingerprint density at radius 3 is 3.00 bits per heavy atom. The lowest BCUT2D eigenvalue weighted by Gasteiger charge is -2.35. The highest BCUT2D eigenvalue weighted by Gasteiger charge is 2.24. The first-order valence-corrected chi connectivity index (χ1v) is 7.22. The third-order valence-electron chi connectivity index (χ3n) is 4.13. The van der Waals surface area contributed by atoms with E-state index in [2.05, 4.69) is 30.1 Å². The zero-order chi connectivity index (χ0) is 13.7. The van der Waals surface area contributed by atoms with Crippen LogP contribution in [0, 0.1) is 17.2 Å². The van der Waals surface area contributed by atoms with Gasteiger partial charge in [0.15, 0.2) is 0 Å². The molecule has 0 aliphatic carbocycles. The summed E-state index contributed by atoms with van der Waals surface area (Å²) in [5.74, 6) is 0.667. The lowest BCUT2D eigenvalue weighted by atomic mass is 9.91. The Hall–Kier alpha value is -1.53. The molecule has 1 aromatic rings. The van der Waals surface area contributed by atoms with E-state index in [0.717, 1.165) is 17.8 Å². The molecule has 1 heterocycles. The normalized spacial score (nSPS) is 21.6. The van der Waals surface area contributed by atoms with Gasteiger partial charge in [-0.15, -0.1) is 0 Å². The lowest BCUT2D eigenvalue weighted by Crippen LogP contribution is -2.41. The minimum Gasteiger partial charge on any atom is -0.381 e. The molecule has 1 fully saturated rings. The fourth-order valence-corrected chi connectivity index (χ4v) is 2.86. The number of benzene rings is 1. The van der Waals surface area contributed by atoms with Gasteiger partial charge in [-0.25, -0.2) is 0 Å². The average molecular weight is 257 g/mol. The lowest BCUT2D eigenvalue weighted by molar-refractivity contribution is 0.172. The number of hydrogen-bond acceptors (Lipinski definition) is 3. The molecule has 2 atom stereocenters. The van der Waals surface area contributed by atoms with E-state index in [4.69, 9.17) is 5.26 Å². The quantitative estimate of drug-likeness (QED) is 0.901. The zero-order valence-electron chi connectivity index (χ0n) is 11.9. The molecule has 3 heteroatoms. The van der Waals surface area contributed by atoms with Crippen molar-refractivity contribution in [1.29, 1.82) is 5.26 Å². The Balaban J connectivity index is 2.00. The molecular weight excluding hydrogens is 234 g/mol. The molecule has 0 aromatic heterocycles. The molecule has 1 aliphatic rings. The number of anilines is 1. The second kappa shape index (κ2) is 6.58. The maximum absolute atomic E-state index is 9.12. The number of piperidine rings is 1. The summed E-state index contributed by atoms with van der Waals surface area (Å²) in [4.78, 5) is 2.52. The van der Waals surface area contributed by atoms with Gasteiger partial charge < -0.3 is 10.2 Å². The van der Waals surface area contributed by atoms with Crippen molar-refractivity contribution in [3.63, 3.8) is 0 Å². The summed E-state index contributed by atoms with van der Waals surface area (Å²) in [7, 11) is 0. The molecular formula is C16H23N3. The first-order chi connectivity index (χ1) is 9.24. The van der Waals surface area contributed by atoms with Crippen molar-refractivity contribution in [3.05, 3.63) is 29.8 Å².